The van der Waals surface area contributed by atoms with Gasteiger partial charge in [-0.25, -0.2) is 18.7 Å². The van der Waals surface area contributed by atoms with Crippen molar-refractivity contribution in [3.8, 4) is 0 Å². The van der Waals surface area contributed by atoms with Crippen LogP contribution in [0.15, 0.2) is 31.6 Å². The standard InChI is InChI=1S/C26H41N5O15P2/c1-15-11-30(25(35)28-23(15)33)21-9-17(32)19(44-21)13-43-48(39,40)46-18-10-22(31-12-16(2)24(34)29-26(31)36)45-20(18)14-42-47(37,38)41-8-6-4-3-5-7-27/h11-12,17-22,32H,3-10,13-14,27H2,1-2H3,(H,37,38)(H,39,40)(H,28,33,35)(H,29,34,36)/t17?,18?,19-,20-,21-,22-/m1/s1. The number of nitrogens with one attached hydrogen (secondary N) is 2. The van der Waals surface area contributed by atoms with E-state index >= 15 is 0 Å². The number of nitrogens with two attached hydrogens (primary N) is 1. The number of nitrogens with zero attached hydrogens (tertiary/aromatic N) is 2. The SMILES string of the molecule is Cc1cn([C@H]2CC(O)[C@@H](COP(=O)(O)OC3C[C@H](n4cc(C)c(=O)[nH]c4=O)O[C@@H]3COP(=O)(O)OCCCCCCN)O2)c(=O)[nH]c1=O. The monoisotopic (exact) mass is 725 g/mol. The molecule has 270 valence electrons. The van der Waals surface area contributed by atoms with Gasteiger partial charge in [-0.3, -0.25) is 46.8 Å². The van der Waals surface area contributed by atoms with Crippen LogP contribution in [-0.4, -0.2) is 84.8 Å². The van der Waals surface area contributed by atoms with Crippen molar-refractivity contribution in [3.63, 3.8) is 0 Å². The van der Waals surface area contributed by atoms with Crippen molar-refractivity contribution in [2.45, 2.75) is 89.2 Å². The first kappa shape index (κ1) is 38.2. The lowest BCUT2D eigenvalue weighted by Crippen LogP contribution is -2.33. The Morgan fingerprint density at radius 1 is 0.812 bits per heavy atom. The molecule has 48 heavy (non-hydrogen) atoms. The van der Waals surface area contributed by atoms with Gasteiger partial charge in [-0.15, -0.1) is 0 Å². The molecular weight excluding hydrogens is 684 g/mol. The molecule has 8 atom stereocenters. The summed E-state index contributed by atoms with van der Waals surface area (Å²) >= 11 is 0. The molecule has 0 amide bonds. The van der Waals surface area contributed by atoms with Gasteiger partial charge in [-0.1, -0.05) is 12.8 Å². The van der Waals surface area contributed by atoms with Crippen LogP contribution >= 0.6 is 15.6 Å². The molecule has 4 rings (SSSR count). The second kappa shape index (κ2) is 16.4. The highest BCUT2D eigenvalue weighted by Crippen LogP contribution is 2.50. The lowest BCUT2D eigenvalue weighted by Gasteiger charge is -2.23. The Hall–Kier alpha value is -2.58. The number of phosphoric acid groups is 2. The molecule has 7 N–H and O–H groups in total. The molecule has 4 heterocycles. The molecule has 20 nitrogen and oxygen atoms in total. The summed E-state index contributed by atoms with van der Waals surface area (Å²) in [6.45, 7) is 2.04. The molecule has 2 saturated heterocycles. The number of aliphatic hydroxyl groups excluding tert-OH is 1. The fraction of sp³-hybridized carbons (Fsp3) is 0.692. The third kappa shape index (κ3) is 10.2. The molecule has 4 unspecified atom stereocenters. The molecule has 2 aliphatic rings. The van der Waals surface area contributed by atoms with Crippen molar-refractivity contribution in [1.29, 1.82) is 0 Å². The van der Waals surface area contributed by atoms with Crippen molar-refractivity contribution in [3.05, 3.63) is 65.2 Å². The lowest BCUT2D eigenvalue weighted by molar-refractivity contribution is -0.0576. The third-order valence-electron chi connectivity index (χ3n) is 7.72. The van der Waals surface area contributed by atoms with Crippen LogP contribution in [0.5, 0.6) is 0 Å². The summed E-state index contributed by atoms with van der Waals surface area (Å²) in [5.41, 5.74) is 3.00. The summed E-state index contributed by atoms with van der Waals surface area (Å²) in [5, 5.41) is 10.5. The zero-order valence-electron chi connectivity index (χ0n) is 26.3. The number of unbranched alkanes of at least 4 members (excludes halogenated alkanes) is 3. The summed E-state index contributed by atoms with van der Waals surface area (Å²) in [6.07, 6.45) is -2.31. The van der Waals surface area contributed by atoms with E-state index in [2.05, 4.69) is 9.97 Å². The van der Waals surface area contributed by atoms with Crippen molar-refractivity contribution in [2.75, 3.05) is 26.4 Å². The van der Waals surface area contributed by atoms with Crippen molar-refractivity contribution in [1.82, 2.24) is 19.1 Å². The predicted molar refractivity (Wildman–Crippen MR) is 165 cm³/mol. The molecule has 2 aromatic rings. The number of aromatic amines is 2. The highest BCUT2D eigenvalue weighted by molar-refractivity contribution is 7.47. The van der Waals surface area contributed by atoms with E-state index < -0.39 is 88.2 Å². The average molecular weight is 726 g/mol. The van der Waals surface area contributed by atoms with E-state index in [-0.39, 0.29) is 30.6 Å². The first-order valence-corrected chi connectivity index (χ1v) is 18.2. The second-order valence-corrected chi connectivity index (χ2v) is 14.3. The molecule has 0 aliphatic carbocycles. The number of aromatic nitrogens is 4. The second-order valence-electron chi connectivity index (χ2n) is 11.5. The normalized spacial score (nSPS) is 26.8. The van der Waals surface area contributed by atoms with Gasteiger partial charge in [0.1, 0.15) is 30.8 Å². The predicted octanol–water partition coefficient (Wildman–Crippen LogP) is -0.206. The van der Waals surface area contributed by atoms with Gasteiger partial charge in [-0.2, -0.15) is 0 Å². The maximum absolute atomic E-state index is 13.1. The summed E-state index contributed by atoms with van der Waals surface area (Å²) < 4.78 is 59.6. The van der Waals surface area contributed by atoms with E-state index in [9.17, 15) is 43.2 Å². The number of aryl methyl sites for hydroxylation is 2. The van der Waals surface area contributed by atoms with Crippen LogP contribution in [0.25, 0.3) is 0 Å². The first-order valence-electron chi connectivity index (χ1n) is 15.2. The number of hydrogen-bond donors (Lipinski definition) is 6. The van der Waals surface area contributed by atoms with Gasteiger partial charge < -0.3 is 30.1 Å². The summed E-state index contributed by atoms with van der Waals surface area (Å²) in [5.74, 6) is 0. The van der Waals surface area contributed by atoms with Crippen molar-refractivity contribution < 1.29 is 51.6 Å². The summed E-state index contributed by atoms with van der Waals surface area (Å²) in [6, 6.07) is 0. The molecule has 0 radical (unpaired) electrons. The number of rotatable bonds is 17. The molecule has 2 fully saturated rings. The van der Waals surface area contributed by atoms with Crippen LogP contribution < -0.4 is 28.2 Å². The van der Waals surface area contributed by atoms with E-state index in [1.54, 1.807) is 0 Å². The maximum Gasteiger partial charge on any atom is 0.472 e. The minimum atomic E-state index is -4.98. The van der Waals surface area contributed by atoms with E-state index in [1.165, 1.54) is 26.2 Å². The minimum absolute atomic E-state index is 0.0788. The Labute approximate surface area is 272 Å². The molecule has 0 bridgehead atoms. The van der Waals surface area contributed by atoms with Crippen LogP contribution in [0.1, 0.15) is 62.1 Å². The first-order chi connectivity index (χ1) is 22.6. The van der Waals surface area contributed by atoms with Crippen LogP contribution in [0, 0.1) is 13.8 Å². The summed E-state index contributed by atoms with van der Waals surface area (Å²) in [4.78, 5) is 73.3. The van der Waals surface area contributed by atoms with Gasteiger partial charge in [-0.05, 0) is 33.2 Å². The van der Waals surface area contributed by atoms with Crippen molar-refractivity contribution >= 4 is 15.6 Å². The van der Waals surface area contributed by atoms with Crippen LogP contribution in [0.3, 0.4) is 0 Å². The zero-order chi connectivity index (χ0) is 35.2. The van der Waals surface area contributed by atoms with E-state index in [0.717, 1.165) is 22.0 Å². The highest BCUT2D eigenvalue weighted by Gasteiger charge is 2.44. The van der Waals surface area contributed by atoms with Gasteiger partial charge in [0.25, 0.3) is 11.1 Å². The van der Waals surface area contributed by atoms with Gasteiger partial charge in [0, 0.05) is 36.4 Å². The lowest BCUT2D eigenvalue weighted by atomic mass is 10.2. The van der Waals surface area contributed by atoms with Gasteiger partial charge >= 0.3 is 27.0 Å². The fourth-order valence-electron chi connectivity index (χ4n) is 5.12. The van der Waals surface area contributed by atoms with E-state index in [1.807, 2.05) is 0 Å². The molecular formula is C26H41N5O15P2. The van der Waals surface area contributed by atoms with E-state index in [0.29, 0.717) is 19.4 Å². The average Bonchev–Trinajstić information content (AvgIpc) is 3.58. The highest BCUT2D eigenvalue weighted by atomic mass is 31.2. The molecule has 0 spiro atoms. The Bertz CT molecular complexity index is 1740. The fourth-order valence-corrected chi connectivity index (χ4v) is 6.85. The quantitative estimate of drug-likeness (QED) is 0.0909. The van der Waals surface area contributed by atoms with Gasteiger partial charge in [0.15, 0.2) is 0 Å². The number of phosphoric ester groups is 2. The topological polar surface area (TPSA) is 286 Å². The molecule has 22 heteroatoms. The zero-order valence-corrected chi connectivity index (χ0v) is 28.1. The molecule has 2 aliphatic heterocycles. The molecule has 0 aromatic carbocycles. The Morgan fingerprint density at radius 3 is 1.94 bits per heavy atom. The molecule has 2 aromatic heterocycles. The number of ether oxygens (including phenoxy) is 2. The van der Waals surface area contributed by atoms with E-state index in [4.69, 9.17) is 33.3 Å². The number of hydrogen-bond acceptors (Lipinski definition) is 14. The summed E-state index contributed by atoms with van der Waals surface area (Å²) in [7, 11) is -9.57. The minimum Gasteiger partial charge on any atom is -0.390 e. The maximum atomic E-state index is 13.1. The number of aliphatic hydroxyl groups is 1. The Morgan fingerprint density at radius 2 is 1.33 bits per heavy atom. The van der Waals surface area contributed by atoms with Crippen LogP contribution in [0.4, 0.5) is 0 Å². The third-order valence-corrected chi connectivity index (χ3v) is 9.72. The van der Waals surface area contributed by atoms with Crippen molar-refractivity contribution in [2.24, 2.45) is 5.73 Å². The molecule has 0 saturated carbocycles. The number of H-pyrrole nitrogens is 2. The van der Waals surface area contributed by atoms with Gasteiger partial charge in [0.2, 0.25) is 0 Å². The Kier molecular flexibility index (Phi) is 13.1. The largest absolute Gasteiger partial charge is 0.472 e. The smallest absolute Gasteiger partial charge is 0.390 e. The van der Waals surface area contributed by atoms with Crippen LogP contribution in [-0.2, 0) is 36.7 Å². The Balaban J connectivity index is 1.41. The van der Waals surface area contributed by atoms with Crippen LogP contribution in [0.2, 0.25) is 0 Å². The van der Waals surface area contributed by atoms with Gasteiger partial charge in [0.05, 0.1) is 25.9 Å².